The van der Waals surface area contributed by atoms with Gasteiger partial charge in [0, 0.05) is 18.6 Å². The number of hydrogen-bond donors (Lipinski definition) is 1. The van der Waals surface area contributed by atoms with Crippen molar-refractivity contribution in [1.82, 2.24) is 4.90 Å². The molecule has 5 heteroatoms. The third-order valence-corrected chi connectivity index (χ3v) is 5.29. The molecule has 0 amide bonds. The fraction of sp³-hybridized carbons (Fsp3) is 1.00. The van der Waals surface area contributed by atoms with Gasteiger partial charge in [-0.05, 0) is 44.6 Å². The lowest BCUT2D eigenvalue weighted by molar-refractivity contribution is -0.188. The minimum atomic E-state index is -4.03. The first-order valence-corrected chi connectivity index (χ1v) is 7.43. The van der Waals surface area contributed by atoms with E-state index in [1.54, 1.807) is 0 Å². The van der Waals surface area contributed by atoms with Crippen molar-refractivity contribution < 1.29 is 13.2 Å². The van der Waals surface area contributed by atoms with Crippen molar-refractivity contribution in [2.24, 2.45) is 17.6 Å². The third-order valence-electron chi connectivity index (χ3n) is 5.29. The molecule has 0 bridgehead atoms. The van der Waals surface area contributed by atoms with E-state index in [2.05, 4.69) is 11.8 Å². The molecule has 0 aromatic rings. The van der Waals surface area contributed by atoms with Crippen molar-refractivity contribution in [2.45, 2.75) is 57.2 Å². The van der Waals surface area contributed by atoms with E-state index >= 15 is 0 Å². The van der Waals surface area contributed by atoms with Gasteiger partial charge in [-0.2, -0.15) is 13.2 Å². The second kappa shape index (κ2) is 5.60. The smallest absolute Gasteiger partial charge is 0.329 e. The highest BCUT2D eigenvalue weighted by molar-refractivity contribution is 4.99. The van der Waals surface area contributed by atoms with E-state index in [0.29, 0.717) is 25.3 Å². The van der Waals surface area contributed by atoms with E-state index in [4.69, 9.17) is 5.73 Å². The molecule has 0 radical (unpaired) electrons. The third kappa shape index (κ3) is 3.07. The van der Waals surface area contributed by atoms with Crippen molar-refractivity contribution in [3.05, 3.63) is 0 Å². The average molecular weight is 278 g/mol. The molecule has 1 atom stereocenters. The molecule has 2 fully saturated rings. The topological polar surface area (TPSA) is 29.3 Å². The molecular formula is C14H25F3N2. The Morgan fingerprint density at radius 2 is 1.84 bits per heavy atom. The first kappa shape index (κ1) is 15.1. The molecule has 2 aliphatic rings. The normalized spacial score (nSPS) is 37.7. The van der Waals surface area contributed by atoms with E-state index in [9.17, 15) is 13.2 Å². The number of nitrogens with zero attached hydrogens (tertiary/aromatic N) is 1. The second-order valence-electron chi connectivity index (χ2n) is 6.25. The van der Waals surface area contributed by atoms with Crippen LogP contribution in [0, 0.1) is 11.8 Å². The average Bonchev–Trinajstić information content (AvgIpc) is 2.87. The van der Waals surface area contributed by atoms with Gasteiger partial charge in [0.05, 0.1) is 5.92 Å². The maximum atomic E-state index is 12.7. The van der Waals surface area contributed by atoms with E-state index in [1.165, 1.54) is 6.42 Å². The lowest BCUT2D eigenvalue weighted by atomic mass is 9.75. The van der Waals surface area contributed by atoms with E-state index in [-0.39, 0.29) is 18.4 Å². The summed E-state index contributed by atoms with van der Waals surface area (Å²) < 4.78 is 38.2. The van der Waals surface area contributed by atoms with Gasteiger partial charge in [-0.25, -0.2) is 0 Å². The molecule has 0 aromatic carbocycles. The largest absolute Gasteiger partial charge is 0.391 e. The number of likely N-dealkylation sites (tertiary alicyclic amines) is 1. The number of halogens is 3. The van der Waals surface area contributed by atoms with Gasteiger partial charge in [0.25, 0.3) is 0 Å². The van der Waals surface area contributed by atoms with Gasteiger partial charge in [0.1, 0.15) is 0 Å². The predicted octanol–water partition coefficient (Wildman–Crippen LogP) is 3.17. The van der Waals surface area contributed by atoms with Crippen molar-refractivity contribution in [2.75, 3.05) is 19.6 Å². The van der Waals surface area contributed by atoms with Crippen LogP contribution in [0.3, 0.4) is 0 Å². The van der Waals surface area contributed by atoms with Crippen LogP contribution < -0.4 is 5.73 Å². The van der Waals surface area contributed by atoms with Crippen LogP contribution in [-0.4, -0.2) is 36.2 Å². The molecule has 2 rings (SSSR count). The Hall–Kier alpha value is -0.290. The van der Waals surface area contributed by atoms with Gasteiger partial charge in [0.15, 0.2) is 0 Å². The van der Waals surface area contributed by atoms with Crippen molar-refractivity contribution in [1.29, 1.82) is 0 Å². The van der Waals surface area contributed by atoms with Gasteiger partial charge in [-0.15, -0.1) is 0 Å². The Morgan fingerprint density at radius 3 is 2.26 bits per heavy atom. The summed E-state index contributed by atoms with van der Waals surface area (Å²) in [6, 6.07) is 0. The van der Waals surface area contributed by atoms with Crippen molar-refractivity contribution in [3.63, 3.8) is 0 Å². The van der Waals surface area contributed by atoms with Crippen LogP contribution in [0.15, 0.2) is 0 Å². The molecule has 19 heavy (non-hydrogen) atoms. The molecule has 1 heterocycles. The van der Waals surface area contributed by atoms with Crippen LogP contribution in [-0.2, 0) is 0 Å². The van der Waals surface area contributed by atoms with Crippen LogP contribution in [0.1, 0.15) is 45.4 Å². The Kier molecular flexibility index (Phi) is 4.45. The lowest BCUT2D eigenvalue weighted by Gasteiger charge is -2.46. The monoisotopic (exact) mass is 278 g/mol. The highest BCUT2D eigenvalue weighted by Gasteiger charge is 2.48. The van der Waals surface area contributed by atoms with Crippen LogP contribution in [0.25, 0.3) is 0 Å². The van der Waals surface area contributed by atoms with Crippen LogP contribution in [0.2, 0.25) is 0 Å². The number of alkyl halides is 3. The molecule has 2 N–H and O–H groups in total. The zero-order valence-corrected chi connectivity index (χ0v) is 11.7. The molecular weight excluding hydrogens is 253 g/mol. The highest BCUT2D eigenvalue weighted by Crippen LogP contribution is 2.44. The Bertz CT molecular complexity index is 296. The maximum Gasteiger partial charge on any atom is 0.391 e. The molecule has 1 aliphatic carbocycles. The highest BCUT2D eigenvalue weighted by atomic mass is 19.4. The summed E-state index contributed by atoms with van der Waals surface area (Å²) in [4.78, 5) is 2.38. The first-order valence-electron chi connectivity index (χ1n) is 7.43. The van der Waals surface area contributed by atoms with Crippen molar-refractivity contribution >= 4 is 0 Å². The molecule has 0 aromatic heterocycles. The molecule has 112 valence electrons. The first-order chi connectivity index (χ1) is 8.91. The van der Waals surface area contributed by atoms with Crippen LogP contribution in [0.4, 0.5) is 13.2 Å². The minimum absolute atomic E-state index is 0.161. The molecule has 1 saturated heterocycles. The Morgan fingerprint density at radius 1 is 1.21 bits per heavy atom. The fourth-order valence-corrected chi connectivity index (χ4v) is 3.73. The summed E-state index contributed by atoms with van der Waals surface area (Å²) in [6.07, 6.45) is -0.0167. The molecule has 0 spiro atoms. The predicted molar refractivity (Wildman–Crippen MR) is 69.8 cm³/mol. The van der Waals surface area contributed by atoms with Gasteiger partial charge in [-0.3, -0.25) is 4.90 Å². The summed E-state index contributed by atoms with van der Waals surface area (Å²) >= 11 is 0. The fourth-order valence-electron chi connectivity index (χ4n) is 3.73. The quantitative estimate of drug-likeness (QED) is 0.859. The second-order valence-corrected chi connectivity index (χ2v) is 6.25. The number of rotatable bonds is 3. The molecule has 1 unspecified atom stereocenters. The number of hydrogen-bond acceptors (Lipinski definition) is 2. The van der Waals surface area contributed by atoms with Crippen LogP contribution in [0.5, 0.6) is 0 Å². The summed E-state index contributed by atoms with van der Waals surface area (Å²) in [7, 11) is 0. The maximum absolute atomic E-state index is 12.7. The van der Waals surface area contributed by atoms with Crippen LogP contribution >= 0.6 is 0 Å². The molecule has 1 saturated carbocycles. The summed E-state index contributed by atoms with van der Waals surface area (Å²) in [6.45, 7) is 4.70. The van der Waals surface area contributed by atoms with Crippen molar-refractivity contribution in [3.8, 4) is 0 Å². The van der Waals surface area contributed by atoms with Gasteiger partial charge >= 0.3 is 6.18 Å². The Balaban J connectivity index is 1.98. The van der Waals surface area contributed by atoms with E-state index < -0.39 is 12.1 Å². The van der Waals surface area contributed by atoms with Gasteiger partial charge < -0.3 is 5.73 Å². The van der Waals surface area contributed by atoms with E-state index in [1.807, 2.05) is 0 Å². The van der Waals surface area contributed by atoms with E-state index in [0.717, 1.165) is 19.5 Å². The summed E-state index contributed by atoms with van der Waals surface area (Å²) in [5.41, 5.74) is 5.78. The molecule has 2 nitrogen and oxygen atoms in total. The SMILES string of the molecule is CCC1CCN(C2(CN)CCC(C(F)(F)F)CC2)C1. The standard InChI is InChI=1S/C14H25F3N2/c1-2-11-5-8-19(9-11)13(10-18)6-3-12(4-7-13)14(15,16)17/h11-12H,2-10,18H2,1H3. The lowest BCUT2D eigenvalue weighted by Crippen LogP contribution is -2.55. The zero-order valence-electron chi connectivity index (χ0n) is 11.7. The summed E-state index contributed by atoms with van der Waals surface area (Å²) in [5.74, 6) is -0.416. The van der Waals surface area contributed by atoms with Gasteiger partial charge in [0.2, 0.25) is 0 Å². The summed E-state index contributed by atoms with van der Waals surface area (Å²) in [5, 5.41) is 0. The Labute approximate surface area is 113 Å². The molecule has 1 aliphatic heterocycles. The van der Waals surface area contributed by atoms with Gasteiger partial charge in [-0.1, -0.05) is 13.3 Å². The minimum Gasteiger partial charge on any atom is -0.329 e. The number of nitrogens with two attached hydrogens (primary N) is 1. The zero-order chi connectivity index (χ0) is 14.1.